The Morgan fingerprint density at radius 1 is 1.13 bits per heavy atom. The Balaban J connectivity index is 2.23. The van der Waals surface area contributed by atoms with E-state index in [-0.39, 0.29) is 29.3 Å². The molecule has 2 aromatic carbocycles. The number of amides is 1. The van der Waals surface area contributed by atoms with Crippen molar-refractivity contribution < 1.29 is 35.9 Å². The summed E-state index contributed by atoms with van der Waals surface area (Å²) in [5, 5.41) is 2.20. The minimum Gasteiger partial charge on any atom is -0.382 e. The van der Waals surface area contributed by atoms with Gasteiger partial charge in [-0.15, -0.1) is 0 Å². The summed E-state index contributed by atoms with van der Waals surface area (Å²) in [6, 6.07) is 6.34. The van der Waals surface area contributed by atoms with Crippen molar-refractivity contribution in [2.24, 2.45) is 0 Å². The van der Waals surface area contributed by atoms with Gasteiger partial charge in [0.15, 0.2) is 17.5 Å². The largest absolute Gasteiger partial charge is 0.382 e. The molecule has 164 valence electrons. The highest BCUT2D eigenvalue weighted by Gasteiger charge is 2.25. The Morgan fingerprint density at radius 3 is 2.33 bits per heavy atom. The lowest BCUT2D eigenvalue weighted by Gasteiger charge is -2.22. The van der Waals surface area contributed by atoms with E-state index in [9.17, 15) is 26.4 Å². The predicted octanol–water partition coefficient (Wildman–Crippen LogP) is 2.64. The summed E-state index contributed by atoms with van der Waals surface area (Å²) < 4.78 is 76.5. The van der Waals surface area contributed by atoms with Gasteiger partial charge in [0, 0.05) is 51.2 Å². The maximum Gasteiger partial charge on any atom is 0.255 e. The van der Waals surface area contributed by atoms with E-state index in [4.69, 9.17) is 9.47 Å². The Morgan fingerprint density at radius 2 is 1.77 bits per heavy atom. The second kappa shape index (κ2) is 10.0. The van der Waals surface area contributed by atoms with Crippen molar-refractivity contribution in [2.45, 2.75) is 11.0 Å². The quantitative estimate of drug-likeness (QED) is 0.599. The SMILES string of the molecule is COCC(CN(C)S(=O)(=O)c1cccc(C(=O)Nc2cc(F)c(F)c(F)c2)c1)OC. The molecule has 1 N–H and O–H groups in total. The monoisotopic (exact) mass is 446 g/mol. The summed E-state index contributed by atoms with van der Waals surface area (Å²) in [7, 11) is 0.279. The van der Waals surface area contributed by atoms with Gasteiger partial charge >= 0.3 is 0 Å². The summed E-state index contributed by atoms with van der Waals surface area (Å²) in [5.41, 5.74) is -0.390. The van der Waals surface area contributed by atoms with Crippen LogP contribution in [0.2, 0.25) is 0 Å². The number of hydrogen-bond acceptors (Lipinski definition) is 5. The lowest BCUT2D eigenvalue weighted by atomic mass is 10.2. The van der Waals surface area contributed by atoms with E-state index in [1.54, 1.807) is 0 Å². The molecule has 0 heterocycles. The molecule has 0 saturated heterocycles. The number of carbonyl (C=O) groups excluding carboxylic acids is 1. The first-order valence-electron chi connectivity index (χ1n) is 8.64. The number of ether oxygens (including phenoxy) is 2. The van der Waals surface area contributed by atoms with Gasteiger partial charge in [0.1, 0.15) is 0 Å². The Bertz CT molecular complexity index is 994. The molecule has 0 fully saturated rings. The second-order valence-corrected chi connectivity index (χ2v) is 8.38. The van der Waals surface area contributed by atoms with Crippen molar-refractivity contribution in [3.63, 3.8) is 0 Å². The highest BCUT2D eigenvalue weighted by molar-refractivity contribution is 7.89. The van der Waals surface area contributed by atoms with E-state index in [1.165, 1.54) is 39.5 Å². The molecule has 7 nitrogen and oxygen atoms in total. The van der Waals surface area contributed by atoms with E-state index in [0.717, 1.165) is 10.4 Å². The van der Waals surface area contributed by atoms with Crippen LogP contribution in [-0.4, -0.2) is 59.2 Å². The van der Waals surface area contributed by atoms with Crippen molar-refractivity contribution in [3.05, 3.63) is 59.4 Å². The van der Waals surface area contributed by atoms with Crippen LogP contribution < -0.4 is 5.32 Å². The van der Waals surface area contributed by atoms with Gasteiger partial charge in [0.2, 0.25) is 10.0 Å². The molecule has 2 rings (SSSR count). The molecule has 0 aliphatic heterocycles. The predicted molar refractivity (Wildman–Crippen MR) is 103 cm³/mol. The van der Waals surface area contributed by atoms with Crippen LogP contribution in [0.15, 0.2) is 41.3 Å². The van der Waals surface area contributed by atoms with Crippen molar-refractivity contribution in [2.75, 3.05) is 39.7 Å². The summed E-state index contributed by atoms with van der Waals surface area (Å²) in [6.45, 7) is 0.195. The summed E-state index contributed by atoms with van der Waals surface area (Å²) in [5.74, 6) is -5.42. The molecule has 0 aliphatic rings. The van der Waals surface area contributed by atoms with Crippen molar-refractivity contribution >= 4 is 21.6 Å². The first kappa shape index (κ1) is 23.8. The van der Waals surface area contributed by atoms with E-state index >= 15 is 0 Å². The van der Waals surface area contributed by atoms with Gasteiger partial charge in [0.25, 0.3) is 5.91 Å². The van der Waals surface area contributed by atoms with Crippen LogP contribution >= 0.6 is 0 Å². The van der Waals surface area contributed by atoms with Crippen LogP contribution in [0.1, 0.15) is 10.4 Å². The molecule has 11 heteroatoms. The van der Waals surface area contributed by atoms with E-state index in [1.807, 2.05) is 0 Å². The molecule has 1 unspecified atom stereocenters. The third kappa shape index (κ3) is 5.57. The zero-order chi connectivity index (χ0) is 22.5. The molecule has 0 bridgehead atoms. The third-order valence-corrected chi connectivity index (χ3v) is 6.01. The zero-order valence-electron chi connectivity index (χ0n) is 16.5. The van der Waals surface area contributed by atoms with E-state index in [0.29, 0.717) is 12.1 Å². The second-order valence-electron chi connectivity index (χ2n) is 6.33. The van der Waals surface area contributed by atoms with Gasteiger partial charge in [-0.05, 0) is 18.2 Å². The number of nitrogens with one attached hydrogen (secondary N) is 1. The Labute approximate surface area is 172 Å². The van der Waals surface area contributed by atoms with Gasteiger partial charge in [0.05, 0.1) is 17.6 Å². The van der Waals surface area contributed by atoms with Crippen LogP contribution in [0, 0.1) is 17.5 Å². The molecule has 0 saturated carbocycles. The van der Waals surface area contributed by atoms with E-state index < -0.39 is 39.5 Å². The van der Waals surface area contributed by atoms with Gasteiger partial charge in [-0.1, -0.05) is 6.07 Å². The molecule has 0 spiro atoms. The molecule has 0 aromatic heterocycles. The summed E-state index contributed by atoms with van der Waals surface area (Å²) in [6.07, 6.45) is -0.496. The van der Waals surface area contributed by atoms with Crippen molar-refractivity contribution in [1.82, 2.24) is 4.31 Å². The molecular formula is C19H21F3N2O5S. The molecule has 1 amide bonds. The Hall–Kier alpha value is -2.47. The third-order valence-electron chi connectivity index (χ3n) is 4.19. The summed E-state index contributed by atoms with van der Waals surface area (Å²) in [4.78, 5) is 12.2. The summed E-state index contributed by atoms with van der Waals surface area (Å²) >= 11 is 0. The molecule has 2 aromatic rings. The minimum atomic E-state index is -3.96. The number of nitrogens with zero attached hydrogens (tertiary/aromatic N) is 1. The van der Waals surface area contributed by atoms with Gasteiger partial charge in [-0.2, -0.15) is 4.31 Å². The minimum absolute atomic E-state index is 0.0111. The van der Waals surface area contributed by atoms with Crippen molar-refractivity contribution in [3.8, 4) is 0 Å². The molecular weight excluding hydrogens is 425 g/mol. The molecule has 30 heavy (non-hydrogen) atoms. The normalized spacial score (nSPS) is 12.8. The number of anilines is 1. The lowest BCUT2D eigenvalue weighted by Crippen LogP contribution is -2.37. The highest BCUT2D eigenvalue weighted by Crippen LogP contribution is 2.20. The van der Waals surface area contributed by atoms with Crippen molar-refractivity contribution in [1.29, 1.82) is 0 Å². The smallest absolute Gasteiger partial charge is 0.255 e. The van der Waals surface area contributed by atoms with Crippen LogP contribution in [0.5, 0.6) is 0 Å². The fraction of sp³-hybridized carbons (Fsp3) is 0.316. The maximum atomic E-state index is 13.3. The van der Waals surface area contributed by atoms with Gasteiger partial charge < -0.3 is 14.8 Å². The van der Waals surface area contributed by atoms with E-state index in [2.05, 4.69) is 5.32 Å². The first-order valence-corrected chi connectivity index (χ1v) is 10.1. The van der Waals surface area contributed by atoms with Crippen LogP contribution in [0.3, 0.4) is 0 Å². The number of hydrogen-bond donors (Lipinski definition) is 1. The number of sulfonamides is 1. The zero-order valence-corrected chi connectivity index (χ0v) is 17.3. The fourth-order valence-electron chi connectivity index (χ4n) is 2.57. The fourth-order valence-corrected chi connectivity index (χ4v) is 3.82. The van der Waals surface area contributed by atoms with Gasteiger partial charge in [-0.25, -0.2) is 21.6 Å². The van der Waals surface area contributed by atoms with Crippen LogP contribution in [-0.2, 0) is 19.5 Å². The standard InChI is InChI=1S/C19H21F3N2O5S/c1-24(10-14(29-3)11-28-2)30(26,27)15-6-4-5-12(7-15)19(25)23-13-8-16(20)18(22)17(21)9-13/h4-9,14H,10-11H2,1-3H3,(H,23,25). The van der Waals surface area contributed by atoms with Crippen LogP contribution in [0.25, 0.3) is 0 Å². The number of methoxy groups -OCH3 is 2. The average Bonchev–Trinajstić information content (AvgIpc) is 2.71. The maximum absolute atomic E-state index is 13.3. The molecule has 0 radical (unpaired) electrons. The average molecular weight is 446 g/mol. The van der Waals surface area contributed by atoms with Crippen LogP contribution in [0.4, 0.5) is 18.9 Å². The number of rotatable bonds is 9. The van der Waals surface area contributed by atoms with Gasteiger partial charge in [-0.3, -0.25) is 4.79 Å². The molecule has 0 aliphatic carbocycles. The molecule has 1 atom stereocenters. The number of benzene rings is 2. The lowest BCUT2D eigenvalue weighted by molar-refractivity contribution is 0.0207. The number of likely N-dealkylation sites (N-methyl/N-ethyl adjacent to an activating group) is 1. The first-order chi connectivity index (χ1) is 14.1. The Kier molecular flexibility index (Phi) is 7.96. The number of carbonyl (C=O) groups is 1. The topological polar surface area (TPSA) is 84.9 Å². The highest BCUT2D eigenvalue weighted by atomic mass is 32.2. The number of halogens is 3.